The maximum Gasteiger partial charge on any atom is 0.133 e. The van der Waals surface area contributed by atoms with Crippen molar-refractivity contribution in [2.24, 2.45) is 23.7 Å². The van der Waals surface area contributed by atoms with E-state index >= 15 is 0 Å². The van der Waals surface area contributed by atoms with Gasteiger partial charge >= 0.3 is 0 Å². The van der Waals surface area contributed by atoms with Crippen LogP contribution in [0.15, 0.2) is 12.2 Å². The van der Waals surface area contributed by atoms with E-state index in [1.165, 1.54) is 0 Å². The lowest BCUT2D eigenvalue weighted by Crippen LogP contribution is -2.24. The Kier molecular flexibility index (Phi) is 1.82. The largest absolute Gasteiger partial charge is 0.300 e. The van der Waals surface area contributed by atoms with Crippen molar-refractivity contribution in [3.63, 3.8) is 0 Å². The first-order chi connectivity index (χ1) is 5.68. The van der Waals surface area contributed by atoms with Gasteiger partial charge in [-0.3, -0.25) is 4.79 Å². The van der Waals surface area contributed by atoms with Gasteiger partial charge in [0, 0.05) is 12.8 Å². The molecule has 66 valence electrons. The SMILES string of the molecule is CC1C=CC(C)[C@@H]2CC(=O)C[C@H]12. The van der Waals surface area contributed by atoms with Gasteiger partial charge in [-0.15, -0.1) is 0 Å². The quantitative estimate of drug-likeness (QED) is 0.502. The number of hydrogen-bond acceptors (Lipinski definition) is 1. The van der Waals surface area contributed by atoms with Crippen LogP contribution in [-0.2, 0) is 4.79 Å². The molecule has 1 fully saturated rings. The van der Waals surface area contributed by atoms with E-state index in [1.54, 1.807) is 0 Å². The molecular formula is C11H16O. The van der Waals surface area contributed by atoms with Crippen molar-refractivity contribution < 1.29 is 4.79 Å². The fourth-order valence-corrected chi connectivity index (χ4v) is 2.70. The van der Waals surface area contributed by atoms with Crippen LogP contribution in [0.25, 0.3) is 0 Å². The second-order valence-corrected chi connectivity index (χ2v) is 4.38. The molecule has 2 aliphatic rings. The molecule has 0 aromatic rings. The summed E-state index contributed by atoms with van der Waals surface area (Å²) in [5, 5.41) is 0. The van der Waals surface area contributed by atoms with Gasteiger partial charge in [0.05, 0.1) is 0 Å². The van der Waals surface area contributed by atoms with E-state index < -0.39 is 0 Å². The number of hydrogen-bond donors (Lipinski definition) is 0. The van der Waals surface area contributed by atoms with Gasteiger partial charge in [0.15, 0.2) is 0 Å². The second-order valence-electron chi connectivity index (χ2n) is 4.38. The molecule has 0 aliphatic heterocycles. The lowest BCUT2D eigenvalue weighted by molar-refractivity contribution is -0.117. The molecule has 12 heavy (non-hydrogen) atoms. The van der Waals surface area contributed by atoms with E-state index in [2.05, 4.69) is 26.0 Å². The zero-order chi connectivity index (χ0) is 8.72. The fourth-order valence-electron chi connectivity index (χ4n) is 2.70. The first kappa shape index (κ1) is 8.03. The third kappa shape index (κ3) is 1.12. The van der Waals surface area contributed by atoms with E-state index in [0.29, 0.717) is 29.5 Å². The molecule has 0 saturated heterocycles. The van der Waals surface area contributed by atoms with E-state index in [0.717, 1.165) is 12.8 Å². The Morgan fingerprint density at radius 2 is 1.50 bits per heavy atom. The first-order valence-electron chi connectivity index (χ1n) is 4.88. The Morgan fingerprint density at radius 3 is 1.92 bits per heavy atom. The number of allylic oxidation sites excluding steroid dienone is 2. The van der Waals surface area contributed by atoms with Crippen LogP contribution in [0.5, 0.6) is 0 Å². The third-order valence-electron chi connectivity index (χ3n) is 3.55. The number of Topliss-reactive ketones (excluding diaryl/α,β-unsaturated/α-hetero) is 1. The predicted molar refractivity (Wildman–Crippen MR) is 48.7 cm³/mol. The number of fused-ring (bicyclic) bond motifs is 1. The van der Waals surface area contributed by atoms with Crippen LogP contribution in [-0.4, -0.2) is 5.78 Å². The highest BCUT2D eigenvalue weighted by Crippen LogP contribution is 2.43. The number of carbonyl (C=O) groups is 1. The Hall–Kier alpha value is -0.590. The summed E-state index contributed by atoms with van der Waals surface area (Å²) in [6, 6.07) is 0. The van der Waals surface area contributed by atoms with Crippen LogP contribution in [0.4, 0.5) is 0 Å². The number of ketones is 1. The summed E-state index contributed by atoms with van der Waals surface area (Å²) >= 11 is 0. The molecule has 2 aliphatic carbocycles. The maximum absolute atomic E-state index is 11.3. The smallest absolute Gasteiger partial charge is 0.133 e. The van der Waals surface area contributed by atoms with Crippen molar-refractivity contribution in [1.82, 2.24) is 0 Å². The van der Waals surface area contributed by atoms with Gasteiger partial charge in [0.2, 0.25) is 0 Å². The van der Waals surface area contributed by atoms with Gasteiger partial charge in [0.25, 0.3) is 0 Å². The third-order valence-corrected chi connectivity index (χ3v) is 3.55. The van der Waals surface area contributed by atoms with Crippen LogP contribution in [0.1, 0.15) is 26.7 Å². The molecule has 4 atom stereocenters. The van der Waals surface area contributed by atoms with Gasteiger partial charge in [-0.1, -0.05) is 26.0 Å². The Balaban J connectivity index is 2.23. The van der Waals surface area contributed by atoms with Crippen LogP contribution in [0.2, 0.25) is 0 Å². The normalized spacial score (nSPS) is 46.3. The predicted octanol–water partition coefficient (Wildman–Crippen LogP) is 2.42. The highest BCUT2D eigenvalue weighted by atomic mass is 16.1. The molecule has 1 nitrogen and oxygen atoms in total. The van der Waals surface area contributed by atoms with Crippen LogP contribution in [0, 0.1) is 23.7 Å². The molecule has 2 rings (SSSR count). The minimum Gasteiger partial charge on any atom is -0.300 e. The second kappa shape index (κ2) is 2.72. The van der Waals surface area contributed by atoms with Gasteiger partial charge in [-0.05, 0) is 23.7 Å². The zero-order valence-corrected chi connectivity index (χ0v) is 7.79. The zero-order valence-electron chi connectivity index (χ0n) is 7.79. The summed E-state index contributed by atoms with van der Waals surface area (Å²) < 4.78 is 0. The lowest BCUT2D eigenvalue weighted by atomic mass is 9.74. The molecule has 0 N–H and O–H groups in total. The summed E-state index contributed by atoms with van der Waals surface area (Å²) in [5.74, 6) is 3.03. The van der Waals surface area contributed by atoms with Crippen LogP contribution >= 0.6 is 0 Å². The summed E-state index contributed by atoms with van der Waals surface area (Å²) in [7, 11) is 0. The maximum atomic E-state index is 11.3. The highest BCUT2D eigenvalue weighted by molar-refractivity contribution is 5.81. The summed E-state index contributed by atoms with van der Waals surface area (Å²) in [5.41, 5.74) is 0. The summed E-state index contributed by atoms with van der Waals surface area (Å²) in [6.07, 6.45) is 6.23. The minimum atomic E-state index is 0.479. The van der Waals surface area contributed by atoms with Crippen molar-refractivity contribution in [1.29, 1.82) is 0 Å². The molecule has 1 heteroatoms. The highest BCUT2D eigenvalue weighted by Gasteiger charge is 2.39. The standard InChI is InChI=1S/C11H16O/c1-7-3-4-8(2)11-6-9(12)5-10(7)11/h3-4,7-8,10-11H,5-6H2,1-2H3/t7?,8?,10-,11+. The molecule has 0 bridgehead atoms. The molecule has 2 unspecified atom stereocenters. The molecule has 0 amide bonds. The van der Waals surface area contributed by atoms with Gasteiger partial charge in [-0.25, -0.2) is 0 Å². The molecule has 0 aromatic carbocycles. The average molecular weight is 164 g/mol. The van der Waals surface area contributed by atoms with Gasteiger partial charge < -0.3 is 0 Å². The lowest BCUT2D eigenvalue weighted by Gasteiger charge is -2.30. The fraction of sp³-hybridized carbons (Fsp3) is 0.727. The molecule has 1 saturated carbocycles. The average Bonchev–Trinajstić information content (AvgIpc) is 2.41. The van der Waals surface area contributed by atoms with Gasteiger partial charge in [-0.2, -0.15) is 0 Å². The molecular weight excluding hydrogens is 148 g/mol. The summed E-state index contributed by atoms with van der Waals surface area (Å²) in [4.78, 5) is 11.3. The number of rotatable bonds is 0. The van der Waals surface area contributed by atoms with E-state index in [-0.39, 0.29) is 0 Å². The minimum absolute atomic E-state index is 0.479. The van der Waals surface area contributed by atoms with Crippen molar-refractivity contribution >= 4 is 5.78 Å². The Labute approximate surface area is 73.8 Å². The molecule has 0 aromatic heterocycles. The van der Waals surface area contributed by atoms with Crippen molar-refractivity contribution in [2.75, 3.05) is 0 Å². The molecule has 0 radical (unpaired) electrons. The van der Waals surface area contributed by atoms with Crippen LogP contribution < -0.4 is 0 Å². The monoisotopic (exact) mass is 164 g/mol. The van der Waals surface area contributed by atoms with Crippen molar-refractivity contribution in [3.8, 4) is 0 Å². The van der Waals surface area contributed by atoms with Crippen molar-refractivity contribution in [3.05, 3.63) is 12.2 Å². The Bertz CT molecular complexity index is 207. The van der Waals surface area contributed by atoms with E-state index in [1.807, 2.05) is 0 Å². The Morgan fingerprint density at radius 1 is 1.08 bits per heavy atom. The summed E-state index contributed by atoms with van der Waals surface area (Å²) in [6.45, 7) is 4.47. The van der Waals surface area contributed by atoms with Crippen LogP contribution in [0.3, 0.4) is 0 Å². The van der Waals surface area contributed by atoms with Crippen molar-refractivity contribution in [2.45, 2.75) is 26.7 Å². The van der Waals surface area contributed by atoms with E-state index in [9.17, 15) is 4.79 Å². The molecule has 0 spiro atoms. The topological polar surface area (TPSA) is 17.1 Å². The van der Waals surface area contributed by atoms with Gasteiger partial charge in [0.1, 0.15) is 5.78 Å². The molecule has 0 heterocycles. The first-order valence-corrected chi connectivity index (χ1v) is 4.88. The number of carbonyl (C=O) groups excluding carboxylic acids is 1. The van der Waals surface area contributed by atoms with E-state index in [4.69, 9.17) is 0 Å².